The number of nitrogen functional groups attached to an aromatic ring is 1. The maximum atomic E-state index is 6.19. The molecular weight excluding hydrogens is 322 g/mol. The summed E-state index contributed by atoms with van der Waals surface area (Å²) in [6, 6.07) is 8.09. The van der Waals surface area contributed by atoms with Gasteiger partial charge in [-0.15, -0.1) is 11.3 Å². The van der Waals surface area contributed by atoms with Crippen LogP contribution in [0.5, 0.6) is 0 Å². The van der Waals surface area contributed by atoms with Gasteiger partial charge in [0.2, 0.25) is 0 Å². The number of anilines is 2. The molecule has 19 heavy (non-hydrogen) atoms. The molecule has 3 N–H and O–H groups in total. The molecule has 1 aromatic carbocycles. The zero-order valence-corrected chi connectivity index (χ0v) is 12.5. The van der Waals surface area contributed by atoms with Gasteiger partial charge in [-0.2, -0.15) is 0 Å². The molecule has 2 aromatic heterocycles. The molecule has 0 saturated heterocycles. The van der Waals surface area contributed by atoms with Crippen LogP contribution >= 0.6 is 27.3 Å². The van der Waals surface area contributed by atoms with E-state index in [1.807, 2.05) is 24.4 Å². The summed E-state index contributed by atoms with van der Waals surface area (Å²) in [6.07, 6.45) is 3.59. The Bertz CT molecular complexity index is 724. The van der Waals surface area contributed by atoms with Gasteiger partial charge < -0.3 is 11.1 Å². The maximum absolute atomic E-state index is 6.19. The molecule has 0 aliphatic carbocycles. The van der Waals surface area contributed by atoms with Crippen LogP contribution in [0.2, 0.25) is 0 Å². The van der Waals surface area contributed by atoms with Crippen molar-refractivity contribution in [3.05, 3.63) is 51.4 Å². The van der Waals surface area contributed by atoms with Gasteiger partial charge in [0, 0.05) is 44.4 Å². The molecule has 0 atom stereocenters. The molecule has 0 bridgehead atoms. The average Bonchev–Trinajstić information content (AvgIpc) is 2.84. The third-order valence-electron chi connectivity index (χ3n) is 2.94. The number of halogens is 1. The molecule has 0 aliphatic heterocycles. The quantitative estimate of drug-likeness (QED) is 0.704. The van der Waals surface area contributed by atoms with Gasteiger partial charge in [0.1, 0.15) is 0 Å². The summed E-state index contributed by atoms with van der Waals surface area (Å²) in [5.74, 6) is 0. The number of aromatic nitrogens is 1. The van der Waals surface area contributed by atoms with Gasteiger partial charge in [-0.05, 0) is 34.1 Å². The number of rotatable bonds is 3. The van der Waals surface area contributed by atoms with Gasteiger partial charge in [0.25, 0.3) is 0 Å². The Morgan fingerprint density at radius 3 is 3.00 bits per heavy atom. The van der Waals surface area contributed by atoms with Crippen molar-refractivity contribution >= 4 is 49.4 Å². The largest absolute Gasteiger partial charge is 0.397 e. The van der Waals surface area contributed by atoms with Gasteiger partial charge in [0.15, 0.2) is 0 Å². The van der Waals surface area contributed by atoms with Crippen molar-refractivity contribution in [2.45, 2.75) is 6.54 Å². The van der Waals surface area contributed by atoms with Crippen molar-refractivity contribution in [3.63, 3.8) is 0 Å². The third kappa shape index (κ3) is 2.57. The summed E-state index contributed by atoms with van der Waals surface area (Å²) >= 11 is 5.17. The normalized spacial score (nSPS) is 10.8. The highest BCUT2D eigenvalue weighted by molar-refractivity contribution is 9.10. The van der Waals surface area contributed by atoms with Gasteiger partial charge in [-0.25, -0.2) is 0 Å². The molecule has 0 amide bonds. The van der Waals surface area contributed by atoms with Crippen LogP contribution in [0.3, 0.4) is 0 Å². The second kappa shape index (κ2) is 5.19. The molecule has 0 fully saturated rings. The van der Waals surface area contributed by atoms with E-state index in [2.05, 4.69) is 37.7 Å². The van der Waals surface area contributed by atoms with Crippen LogP contribution in [0.25, 0.3) is 10.8 Å². The van der Waals surface area contributed by atoms with E-state index in [1.165, 1.54) is 4.88 Å². The number of nitrogens with one attached hydrogen (secondary N) is 1. The van der Waals surface area contributed by atoms with Gasteiger partial charge in [-0.3, -0.25) is 4.98 Å². The Kier molecular flexibility index (Phi) is 3.40. The first-order valence-corrected chi connectivity index (χ1v) is 7.50. The standard InChI is InChI=1S/C14H12BrN3S/c15-10-5-11(19-8-10)7-18-13-2-1-9-6-17-4-3-12(9)14(13)16/h1-6,8,18H,7,16H2. The molecule has 3 nitrogen and oxygen atoms in total. The van der Waals surface area contributed by atoms with E-state index < -0.39 is 0 Å². The fourth-order valence-corrected chi connectivity index (χ4v) is 3.37. The Balaban J connectivity index is 1.87. The number of hydrogen-bond acceptors (Lipinski definition) is 4. The monoisotopic (exact) mass is 333 g/mol. The number of fused-ring (bicyclic) bond motifs is 1. The van der Waals surface area contributed by atoms with Crippen molar-refractivity contribution in [1.29, 1.82) is 0 Å². The minimum absolute atomic E-state index is 0.774. The second-order valence-corrected chi connectivity index (χ2v) is 6.12. The van der Waals surface area contributed by atoms with Crippen LogP contribution < -0.4 is 11.1 Å². The first-order chi connectivity index (χ1) is 9.24. The summed E-state index contributed by atoms with van der Waals surface area (Å²) in [5, 5.41) is 7.55. The van der Waals surface area contributed by atoms with E-state index in [9.17, 15) is 0 Å². The molecule has 2 heterocycles. The lowest BCUT2D eigenvalue weighted by Crippen LogP contribution is -2.01. The molecule has 3 aromatic rings. The van der Waals surface area contributed by atoms with E-state index in [-0.39, 0.29) is 0 Å². The lowest BCUT2D eigenvalue weighted by atomic mass is 10.1. The van der Waals surface area contributed by atoms with Crippen LogP contribution in [-0.4, -0.2) is 4.98 Å². The number of hydrogen-bond donors (Lipinski definition) is 2. The fraction of sp³-hybridized carbons (Fsp3) is 0.0714. The lowest BCUT2D eigenvalue weighted by molar-refractivity contribution is 1.19. The predicted octanol–water partition coefficient (Wildman–Crippen LogP) is 4.25. The van der Waals surface area contributed by atoms with Crippen molar-refractivity contribution in [2.24, 2.45) is 0 Å². The highest BCUT2D eigenvalue weighted by Gasteiger charge is 2.05. The Hall–Kier alpha value is -1.59. The van der Waals surface area contributed by atoms with Crippen LogP contribution in [0, 0.1) is 0 Å². The molecule has 0 spiro atoms. The Morgan fingerprint density at radius 2 is 2.21 bits per heavy atom. The summed E-state index contributed by atoms with van der Waals surface area (Å²) < 4.78 is 1.12. The maximum Gasteiger partial charge on any atom is 0.0630 e. The predicted molar refractivity (Wildman–Crippen MR) is 85.5 cm³/mol. The van der Waals surface area contributed by atoms with Gasteiger partial charge >= 0.3 is 0 Å². The van der Waals surface area contributed by atoms with Crippen molar-refractivity contribution in [3.8, 4) is 0 Å². The first kappa shape index (κ1) is 12.4. The van der Waals surface area contributed by atoms with Crippen LogP contribution in [0.15, 0.2) is 46.5 Å². The topological polar surface area (TPSA) is 50.9 Å². The number of pyridine rings is 1. The lowest BCUT2D eigenvalue weighted by Gasteiger charge is -2.10. The van der Waals surface area contributed by atoms with Crippen molar-refractivity contribution in [1.82, 2.24) is 4.98 Å². The molecule has 96 valence electrons. The zero-order valence-electron chi connectivity index (χ0n) is 10.1. The average molecular weight is 334 g/mol. The number of nitrogens with two attached hydrogens (primary N) is 1. The number of thiophene rings is 1. The summed E-state index contributed by atoms with van der Waals surface area (Å²) in [6.45, 7) is 0.775. The minimum atomic E-state index is 0.774. The van der Waals surface area contributed by atoms with E-state index in [1.54, 1.807) is 17.5 Å². The highest BCUT2D eigenvalue weighted by Crippen LogP contribution is 2.29. The molecule has 0 radical (unpaired) electrons. The van der Waals surface area contributed by atoms with Crippen molar-refractivity contribution < 1.29 is 0 Å². The number of benzene rings is 1. The molecule has 0 saturated carbocycles. The smallest absolute Gasteiger partial charge is 0.0630 e. The second-order valence-electron chi connectivity index (χ2n) is 4.21. The van der Waals surface area contributed by atoms with Gasteiger partial charge in [0.05, 0.1) is 11.4 Å². The van der Waals surface area contributed by atoms with Crippen LogP contribution in [-0.2, 0) is 6.54 Å². The zero-order chi connectivity index (χ0) is 13.2. The minimum Gasteiger partial charge on any atom is -0.397 e. The summed E-state index contributed by atoms with van der Waals surface area (Å²) in [7, 11) is 0. The molecular formula is C14H12BrN3S. The molecule has 0 aliphatic rings. The third-order valence-corrected chi connectivity index (χ3v) is 4.63. The van der Waals surface area contributed by atoms with E-state index >= 15 is 0 Å². The van der Waals surface area contributed by atoms with E-state index in [0.29, 0.717) is 0 Å². The summed E-state index contributed by atoms with van der Waals surface area (Å²) in [4.78, 5) is 5.37. The van der Waals surface area contributed by atoms with E-state index in [4.69, 9.17) is 5.73 Å². The Labute approximate surface area is 123 Å². The van der Waals surface area contributed by atoms with Crippen molar-refractivity contribution in [2.75, 3.05) is 11.1 Å². The Morgan fingerprint density at radius 1 is 1.32 bits per heavy atom. The molecule has 5 heteroatoms. The van der Waals surface area contributed by atoms with Crippen LogP contribution in [0.4, 0.5) is 11.4 Å². The SMILES string of the molecule is Nc1c(NCc2cc(Br)cs2)ccc2cnccc12. The molecule has 0 unspecified atom stereocenters. The highest BCUT2D eigenvalue weighted by atomic mass is 79.9. The van der Waals surface area contributed by atoms with Crippen LogP contribution in [0.1, 0.15) is 4.88 Å². The van der Waals surface area contributed by atoms with Gasteiger partial charge in [-0.1, -0.05) is 6.07 Å². The van der Waals surface area contributed by atoms with E-state index in [0.717, 1.165) is 33.2 Å². The molecule has 3 rings (SSSR count). The summed E-state index contributed by atoms with van der Waals surface area (Å²) in [5.41, 5.74) is 7.93. The fourth-order valence-electron chi connectivity index (χ4n) is 1.98. The first-order valence-electron chi connectivity index (χ1n) is 5.83. The number of nitrogens with zero attached hydrogens (tertiary/aromatic N) is 1.